The lowest BCUT2D eigenvalue weighted by Crippen LogP contribution is -2.28. The molecule has 6 nitrogen and oxygen atoms in total. The molecule has 0 atom stereocenters. The van der Waals surface area contributed by atoms with Gasteiger partial charge in [0.2, 0.25) is 15.9 Å². The van der Waals surface area contributed by atoms with E-state index in [1.54, 1.807) is 36.4 Å². The molecule has 0 heterocycles. The normalized spacial score (nSPS) is 13.4. The van der Waals surface area contributed by atoms with Crippen LogP contribution in [0, 0.1) is 11.3 Å². The summed E-state index contributed by atoms with van der Waals surface area (Å²) in [5, 5.41) is 11.5. The van der Waals surface area contributed by atoms with E-state index >= 15 is 0 Å². The molecular weight excluding hydrogens is 362 g/mol. The van der Waals surface area contributed by atoms with Gasteiger partial charge in [0.1, 0.15) is 0 Å². The number of amides is 1. The highest BCUT2D eigenvalue weighted by molar-refractivity contribution is 7.89. The third-order valence-corrected chi connectivity index (χ3v) is 6.01. The van der Waals surface area contributed by atoms with E-state index in [1.807, 2.05) is 12.1 Å². The maximum atomic E-state index is 12.5. The third-order valence-electron chi connectivity index (χ3n) is 4.55. The molecule has 0 aromatic heterocycles. The molecule has 0 saturated carbocycles. The summed E-state index contributed by atoms with van der Waals surface area (Å²) in [5.41, 5.74) is 3.27. The Morgan fingerprint density at radius 1 is 1.07 bits per heavy atom. The van der Waals surface area contributed by atoms with Gasteiger partial charge < -0.3 is 5.32 Å². The summed E-state index contributed by atoms with van der Waals surface area (Å²) in [6.07, 6.45) is 4.13. The van der Waals surface area contributed by atoms with Gasteiger partial charge in [-0.3, -0.25) is 4.79 Å². The number of anilines is 1. The number of carbonyl (C=O) groups is 1. The van der Waals surface area contributed by atoms with Crippen molar-refractivity contribution in [2.45, 2.75) is 37.0 Å². The molecule has 0 spiro atoms. The van der Waals surface area contributed by atoms with Crippen LogP contribution in [-0.4, -0.2) is 20.9 Å². The first-order valence-electron chi connectivity index (χ1n) is 8.89. The standard InChI is InChI=1S/C20H21N3O3S/c21-14-15-4-3-7-18(12-15)23-20(24)10-11-22-27(25,26)19-9-8-16-5-1-2-6-17(16)13-19/h3-4,7-9,12-13,22H,1-2,5-6,10-11H2,(H,23,24). The van der Waals surface area contributed by atoms with Gasteiger partial charge in [-0.25, -0.2) is 13.1 Å². The number of nitrogens with zero attached hydrogens (tertiary/aromatic N) is 1. The third kappa shape index (κ3) is 4.94. The van der Waals surface area contributed by atoms with Gasteiger partial charge in [0.05, 0.1) is 16.5 Å². The lowest BCUT2D eigenvalue weighted by atomic mass is 9.92. The number of nitrogens with one attached hydrogen (secondary N) is 2. The van der Waals surface area contributed by atoms with Gasteiger partial charge in [0, 0.05) is 18.7 Å². The fraction of sp³-hybridized carbons (Fsp3) is 0.300. The number of nitriles is 1. The highest BCUT2D eigenvalue weighted by atomic mass is 32.2. The van der Waals surface area contributed by atoms with Gasteiger partial charge in [-0.1, -0.05) is 12.1 Å². The molecule has 0 fully saturated rings. The van der Waals surface area contributed by atoms with Crippen LogP contribution in [0.3, 0.4) is 0 Å². The molecule has 140 valence electrons. The highest BCUT2D eigenvalue weighted by Gasteiger charge is 2.17. The molecule has 0 aliphatic heterocycles. The summed E-state index contributed by atoms with van der Waals surface area (Å²) >= 11 is 0. The second-order valence-electron chi connectivity index (χ2n) is 6.53. The molecule has 0 bridgehead atoms. The molecule has 0 unspecified atom stereocenters. The number of hydrogen-bond acceptors (Lipinski definition) is 4. The minimum absolute atomic E-state index is 0.000944. The van der Waals surface area contributed by atoms with Crippen LogP contribution < -0.4 is 10.0 Å². The van der Waals surface area contributed by atoms with E-state index in [0.717, 1.165) is 31.2 Å². The Labute approximate surface area is 159 Å². The Kier molecular flexibility index (Phi) is 5.89. The largest absolute Gasteiger partial charge is 0.326 e. The maximum Gasteiger partial charge on any atom is 0.240 e. The lowest BCUT2D eigenvalue weighted by Gasteiger charge is -2.16. The van der Waals surface area contributed by atoms with Crippen LogP contribution in [-0.2, 0) is 27.7 Å². The molecule has 1 aliphatic carbocycles. The molecule has 0 saturated heterocycles. The van der Waals surface area contributed by atoms with Crippen molar-refractivity contribution in [3.63, 3.8) is 0 Å². The lowest BCUT2D eigenvalue weighted by molar-refractivity contribution is -0.116. The molecule has 1 amide bonds. The number of sulfonamides is 1. The summed E-state index contributed by atoms with van der Waals surface area (Å²) < 4.78 is 27.4. The maximum absolute atomic E-state index is 12.5. The van der Waals surface area contributed by atoms with Gasteiger partial charge in [-0.2, -0.15) is 5.26 Å². The van der Waals surface area contributed by atoms with E-state index in [4.69, 9.17) is 5.26 Å². The topological polar surface area (TPSA) is 99.1 Å². The van der Waals surface area contributed by atoms with Crippen LogP contribution in [0.2, 0.25) is 0 Å². The molecule has 1 aliphatic rings. The SMILES string of the molecule is N#Cc1cccc(NC(=O)CCNS(=O)(=O)c2ccc3c(c2)CCCC3)c1. The fourth-order valence-electron chi connectivity index (χ4n) is 3.15. The van der Waals surface area contributed by atoms with Gasteiger partial charge in [0.25, 0.3) is 0 Å². The van der Waals surface area contributed by atoms with Crippen LogP contribution in [0.25, 0.3) is 0 Å². The van der Waals surface area contributed by atoms with E-state index < -0.39 is 10.0 Å². The molecule has 27 heavy (non-hydrogen) atoms. The number of hydrogen-bond donors (Lipinski definition) is 2. The zero-order valence-corrected chi connectivity index (χ0v) is 15.7. The van der Waals surface area contributed by atoms with Crippen LogP contribution in [0.1, 0.15) is 36.0 Å². The highest BCUT2D eigenvalue weighted by Crippen LogP contribution is 2.24. The Morgan fingerprint density at radius 2 is 1.85 bits per heavy atom. The second kappa shape index (κ2) is 8.33. The van der Waals surface area contributed by atoms with E-state index in [-0.39, 0.29) is 23.8 Å². The van der Waals surface area contributed by atoms with Crippen molar-refractivity contribution in [3.8, 4) is 6.07 Å². The van der Waals surface area contributed by atoms with Gasteiger partial charge >= 0.3 is 0 Å². The average Bonchev–Trinajstić information content (AvgIpc) is 2.67. The molecule has 2 aromatic carbocycles. The van der Waals surface area contributed by atoms with Crippen molar-refractivity contribution in [2.24, 2.45) is 0 Å². The molecule has 2 aromatic rings. The predicted molar refractivity (Wildman–Crippen MR) is 103 cm³/mol. The van der Waals surface area contributed by atoms with Crippen LogP contribution in [0.5, 0.6) is 0 Å². The van der Waals surface area contributed by atoms with E-state index in [9.17, 15) is 13.2 Å². The zero-order chi connectivity index (χ0) is 19.3. The van der Waals surface area contributed by atoms with Crippen molar-refractivity contribution in [1.82, 2.24) is 4.72 Å². The fourth-order valence-corrected chi connectivity index (χ4v) is 4.23. The predicted octanol–water partition coefficient (Wildman–Crippen LogP) is 2.74. The van der Waals surface area contributed by atoms with Crippen LogP contribution in [0.4, 0.5) is 5.69 Å². The first-order valence-corrected chi connectivity index (χ1v) is 10.4. The van der Waals surface area contributed by atoms with Crippen molar-refractivity contribution in [2.75, 3.05) is 11.9 Å². The summed E-state index contributed by atoms with van der Waals surface area (Å²) in [4.78, 5) is 12.2. The van der Waals surface area contributed by atoms with Gasteiger partial charge in [-0.05, 0) is 67.1 Å². The summed E-state index contributed by atoms with van der Waals surface area (Å²) in [7, 11) is -3.65. The number of aryl methyl sites for hydroxylation is 2. The first-order chi connectivity index (χ1) is 13.0. The monoisotopic (exact) mass is 383 g/mol. The van der Waals surface area contributed by atoms with Crippen LogP contribution >= 0.6 is 0 Å². The summed E-state index contributed by atoms with van der Waals surface area (Å²) in [6, 6.07) is 13.8. The van der Waals surface area contributed by atoms with E-state index in [2.05, 4.69) is 10.0 Å². The second-order valence-corrected chi connectivity index (χ2v) is 8.29. The van der Waals surface area contributed by atoms with Gasteiger partial charge in [0.15, 0.2) is 0 Å². The van der Waals surface area contributed by atoms with Crippen molar-refractivity contribution in [1.29, 1.82) is 5.26 Å². The molecule has 0 radical (unpaired) electrons. The molecule has 3 rings (SSSR count). The number of carbonyl (C=O) groups excluding carboxylic acids is 1. The van der Waals surface area contributed by atoms with Crippen molar-refractivity contribution in [3.05, 3.63) is 59.2 Å². The van der Waals surface area contributed by atoms with E-state index in [0.29, 0.717) is 11.3 Å². The Hall–Kier alpha value is -2.69. The minimum atomic E-state index is -3.65. The average molecular weight is 383 g/mol. The quantitative estimate of drug-likeness (QED) is 0.801. The number of fused-ring (bicyclic) bond motifs is 1. The van der Waals surface area contributed by atoms with Crippen LogP contribution in [0.15, 0.2) is 47.4 Å². The minimum Gasteiger partial charge on any atom is -0.326 e. The zero-order valence-electron chi connectivity index (χ0n) is 14.9. The van der Waals surface area contributed by atoms with Gasteiger partial charge in [-0.15, -0.1) is 0 Å². The Bertz CT molecular complexity index is 994. The smallest absolute Gasteiger partial charge is 0.240 e. The summed E-state index contributed by atoms with van der Waals surface area (Å²) in [5.74, 6) is -0.321. The molecule has 7 heteroatoms. The van der Waals surface area contributed by atoms with E-state index in [1.165, 1.54) is 5.56 Å². The summed E-state index contributed by atoms with van der Waals surface area (Å²) in [6.45, 7) is 0.00317. The number of benzene rings is 2. The number of rotatable bonds is 6. The molecule has 2 N–H and O–H groups in total. The van der Waals surface area contributed by atoms with Crippen molar-refractivity contribution >= 4 is 21.6 Å². The Morgan fingerprint density at radius 3 is 2.63 bits per heavy atom. The molecular formula is C20H21N3O3S. The van der Waals surface area contributed by atoms with Crippen molar-refractivity contribution < 1.29 is 13.2 Å². The first kappa shape index (κ1) is 19.1. The Balaban J connectivity index is 1.56.